The first-order chi connectivity index (χ1) is 13.7. The summed E-state index contributed by atoms with van der Waals surface area (Å²) < 4.78 is 0. The Bertz CT molecular complexity index is 573. The Morgan fingerprint density at radius 2 is 1.46 bits per heavy atom. The minimum atomic E-state index is -0.814. The van der Waals surface area contributed by atoms with Gasteiger partial charge in [-0.2, -0.15) is 0 Å². The van der Waals surface area contributed by atoms with E-state index in [2.05, 4.69) is 31.2 Å². The van der Waals surface area contributed by atoms with E-state index >= 15 is 0 Å². The van der Waals surface area contributed by atoms with Crippen LogP contribution < -0.4 is 5.11 Å². The van der Waals surface area contributed by atoms with Gasteiger partial charge in [0.1, 0.15) is 0 Å². The van der Waals surface area contributed by atoms with Gasteiger partial charge in [0.15, 0.2) is 0 Å². The number of benzene rings is 1. The normalized spacial score (nSPS) is 30.8. The van der Waals surface area contributed by atoms with Gasteiger partial charge in [0, 0.05) is 11.9 Å². The van der Waals surface area contributed by atoms with Gasteiger partial charge in [-0.15, -0.1) is 0 Å². The van der Waals surface area contributed by atoms with Crippen molar-refractivity contribution in [3.8, 4) is 0 Å². The Kier molecular flexibility index (Phi) is 8.43. The smallest absolute Gasteiger partial charge is 0.0448 e. The largest absolute Gasteiger partial charge is 0.550 e. The molecule has 2 aliphatic carbocycles. The van der Waals surface area contributed by atoms with E-state index in [4.69, 9.17) is 0 Å². The van der Waals surface area contributed by atoms with Gasteiger partial charge in [-0.3, -0.25) is 0 Å². The quantitative estimate of drug-likeness (QED) is 0.541. The van der Waals surface area contributed by atoms with Crippen LogP contribution in [0.25, 0.3) is 0 Å². The second kappa shape index (κ2) is 11.0. The van der Waals surface area contributed by atoms with Gasteiger partial charge in [-0.25, -0.2) is 0 Å². The Labute approximate surface area is 172 Å². The summed E-state index contributed by atoms with van der Waals surface area (Å²) in [7, 11) is 0. The predicted molar refractivity (Wildman–Crippen MR) is 114 cm³/mol. The lowest BCUT2D eigenvalue weighted by Crippen LogP contribution is -2.39. The van der Waals surface area contributed by atoms with Gasteiger partial charge >= 0.3 is 0 Å². The van der Waals surface area contributed by atoms with E-state index in [1.165, 1.54) is 56.9 Å². The Hall–Kier alpha value is -1.31. The third-order valence-corrected chi connectivity index (χ3v) is 7.69. The number of aliphatic carboxylic acids is 1. The summed E-state index contributed by atoms with van der Waals surface area (Å²) in [4.78, 5) is 11.7. The molecule has 0 bridgehead atoms. The number of carboxylic acid groups (broad SMARTS) is 1. The van der Waals surface area contributed by atoms with Crippen LogP contribution in [-0.4, -0.2) is 5.97 Å². The maximum absolute atomic E-state index is 11.7. The topological polar surface area (TPSA) is 40.1 Å². The van der Waals surface area contributed by atoms with E-state index in [0.29, 0.717) is 5.92 Å². The highest BCUT2D eigenvalue weighted by Crippen LogP contribution is 2.41. The van der Waals surface area contributed by atoms with Crippen LogP contribution in [0.15, 0.2) is 30.3 Å². The zero-order chi connectivity index (χ0) is 19.8. The molecule has 3 atom stereocenters. The minimum Gasteiger partial charge on any atom is -0.550 e. The molecule has 3 unspecified atom stereocenters. The van der Waals surface area contributed by atoms with Crippen LogP contribution >= 0.6 is 0 Å². The van der Waals surface area contributed by atoms with Crippen LogP contribution in [0.2, 0.25) is 0 Å². The van der Waals surface area contributed by atoms with Crippen molar-refractivity contribution in [1.82, 2.24) is 0 Å². The fourth-order valence-corrected chi connectivity index (χ4v) is 5.94. The maximum atomic E-state index is 11.7. The average Bonchev–Trinajstić information content (AvgIpc) is 2.72. The second-order valence-corrected chi connectivity index (χ2v) is 9.64. The molecule has 156 valence electrons. The highest BCUT2D eigenvalue weighted by Gasteiger charge is 2.31. The van der Waals surface area contributed by atoms with Crippen LogP contribution in [0, 0.1) is 29.6 Å². The molecule has 0 aromatic heterocycles. The molecule has 0 spiro atoms. The molecular formula is C26H39O2-. The third-order valence-electron chi connectivity index (χ3n) is 7.69. The molecule has 0 radical (unpaired) electrons. The standard InChI is InChI=1S/C26H40O2/c1-2-6-20-9-11-22(12-10-20)13-14-23-16-18-25(26(27)28)24(19-23)17-15-21-7-4-3-5-8-21/h3-5,7-8,20,22-25H,2,6,9-19H2,1H3,(H,27,28)/p-1. The summed E-state index contributed by atoms with van der Waals surface area (Å²) in [5.74, 6) is 1.89. The van der Waals surface area contributed by atoms with Crippen molar-refractivity contribution in [3.63, 3.8) is 0 Å². The van der Waals surface area contributed by atoms with E-state index in [1.807, 2.05) is 6.07 Å². The van der Waals surface area contributed by atoms with Crippen molar-refractivity contribution < 1.29 is 9.90 Å². The van der Waals surface area contributed by atoms with Crippen molar-refractivity contribution in [3.05, 3.63) is 35.9 Å². The van der Waals surface area contributed by atoms with Gasteiger partial charge in [-0.1, -0.05) is 88.6 Å². The van der Waals surface area contributed by atoms with Gasteiger partial charge in [-0.05, 0) is 61.3 Å². The Morgan fingerprint density at radius 1 is 0.857 bits per heavy atom. The lowest BCUT2D eigenvalue weighted by molar-refractivity contribution is -0.314. The first-order valence-corrected chi connectivity index (χ1v) is 11.9. The van der Waals surface area contributed by atoms with E-state index in [0.717, 1.165) is 49.9 Å². The summed E-state index contributed by atoms with van der Waals surface area (Å²) in [6.45, 7) is 2.31. The molecule has 28 heavy (non-hydrogen) atoms. The summed E-state index contributed by atoms with van der Waals surface area (Å²) in [6, 6.07) is 10.5. The first-order valence-electron chi connectivity index (χ1n) is 11.9. The summed E-state index contributed by atoms with van der Waals surface area (Å²) in [6.07, 6.45) is 16.2. The molecule has 0 N–H and O–H groups in total. The van der Waals surface area contributed by atoms with E-state index in [9.17, 15) is 9.90 Å². The molecule has 0 amide bonds. The molecule has 1 aromatic rings. The molecule has 2 fully saturated rings. The highest BCUT2D eigenvalue weighted by atomic mass is 16.4. The third kappa shape index (κ3) is 6.36. The van der Waals surface area contributed by atoms with Crippen LogP contribution in [0.4, 0.5) is 0 Å². The number of hydrogen-bond donors (Lipinski definition) is 0. The fourth-order valence-electron chi connectivity index (χ4n) is 5.94. The molecular weight excluding hydrogens is 344 g/mol. The highest BCUT2D eigenvalue weighted by molar-refractivity contribution is 5.68. The minimum absolute atomic E-state index is 0.232. The van der Waals surface area contributed by atoms with Crippen molar-refractivity contribution in [1.29, 1.82) is 0 Å². The van der Waals surface area contributed by atoms with Gasteiger partial charge in [0.2, 0.25) is 0 Å². The Balaban J connectivity index is 1.45. The SMILES string of the molecule is CCCC1CCC(CCC2CCC(C(=O)[O-])C(CCc3ccccc3)C2)CC1. The summed E-state index contributed by atoms with van der Waals surface area (Å²) in [5, 5.41) is 11.7. The van der Waals surface area contributed by atoms with Gasteiger partial charge in [0.25, 0.3) is 0 Å². The zero-order valence-electron chi connectivity index (χ0n) is 17.8. The zero-order valence-corrected chi connectivity index (χ0v) is 17.8. The molecule has 2 saturated carbocycles. The Morgan fingerprint density at radius 3 is 2.11 bits per heavy atom. The molecule has 0 aliphatic heterocycles. The van der Waals surface area contributed by atoms with Crippen molar-refractivity contribution in [2.45, 2.75) is 90.4 Å². The first kappa shape index (κ1) is 21.4. The molecule has 3 rings (SSSR count). The van der Waals surface area contributed by atoms with Crippen molar-refractivity contribution in [2.75, 3.05) is 0 Å². The number of carboxylic acids is 1. The molecule has 1 aromatic carbocycles. The molecule has 0 heterocycles. The summed E-state index contributed by atoms with van der Waals surface area (Å²) in [5.41, 5.74) is 1.32. The maximum Gasteiger partial charge on any atom is 0.0448 e. The van der Waals surface area contributed by atoms with Crippen molar-refractivity contribution in [2.24, 2.45) is 29.6 Å². The van der Waals surface area contributed by atoms with Crippen LogP contribution in [0.5, 0.6) is 0 Å². The van der Waals surface area contributed by atoms with Crippen molar-refractivity contribution >= 4 is 5.97 Å². The molecule has 2 aliphatic rings. The monoisotopic (exact) mass is 383 g/mol. The number of carbonyl (C=O) groups excluding carboxylic acids is 1. The molecule has 2 heteroatoms. The number of rotatable bonds is 9. The molecule has 0 saturated heterocycles. The van der Waals surface area contributed by atoms with Gasteiger partial charge in [0.05, 0.1) is 0 Å². The fraction of sp³-hybridized carbons (Fsp3) is 0.731. The number of aryl methyl sites for hydroxylation is 1. The number of hydrogen-bond acceptors (Lipinski definition) is 2. The van der Waals surface area contributed by atoms with Crippen LogP contribution in [0.3, 0.4) is 0 Å². The second-order valence-electron chi connectivity index (χ2n) is 9.64. The molecule has 2 nitrogen and oxygen atoms in total. The number of carbonyl (C=O) groups is 1. The predicted octanol–water partition coefficient (Wildman–Crippen LogP) is 5.79. The summed E-state index contributed by atoms with van der Waals surface area (Å²) >= 11 is 0. The van der Waals surface area contributed by atoms with Gasteiger partial charge < -0.3 is 9.90 Å². The van der Waals surface area contributed by atoms with Crippen LogP contribution in [-0.2, 0) is 11.2 Å². The van der Waals surface area contributed by atoms with Crippen LogP contribution in [0.1, 0.15) is 89.5 Å². The average molecular weight is 384 g/mol. The van der Waals surface area contributed by atoms with E-state index in [1.54, 1.807) is 0 Å². The van der Waals surface area contributed by atoms with E-state index in [-0.39, 0.29) is 5.92 Å². The van der Waals surface area contributed by atoms with E-state index < -0.39 is 5.97 Å². The lowest BCUT2D eigenvalue weighted by Gasteiger charge is -2.38. The lowest BCUT2D eigenvalue weighted by atomic mass is 9.69.